The van der Waals surface area contributed by atoms with Crippen molar-refractivity contribution in [3.8, 4) is 22.9 Å². The highest BCUT2D eigenvalue weighted by Crippen LogP contribution is 2.41. The highest BCUT2D eigenvalue weighted by Gasteiger charge is 2.23. The Hall–Kier alpha value is -2.38. The molecule has 0 radical (unpaired) electrons. The van der Waals surface area contributed by atoms with E-state index in [4.69, 9.17) is 14.7 Å². The van der Waals surface area contributed by atoms with E-state index in [1.165, 1.54) is 5.56 Å². The number of hydrogen-bond acceptors (Lipinski definition) is 3. The summed E-state index contributed by atoms with van der Waals surface area (Å²) in [6.07, 6.45) is 2.78. The second-order valence-electron chi connectivity index (χ2n) is 6.69. The van der Waals surface area contributed by atoms with Crippen LogP contribution in [-0.4, -0.2) is 13.2 Å². The molecule has 1 fully saturated rings. The average molecular weight is 337 g/mol. The molecule has 0 amide bonds. The lowest BCUT2D eigenvalue weighted by atomic mass is 9.86. The number of rotatable bonds is 3. The first-order valence-corrected chi connectivity index (χ1v) is 8.79. The van der Waals surface area contributed by atoms with Crippen LogP contribution < -0.4 is 4.74 Å². The predicted octanol–water partition coefficient (Wildman–Crippen LogP) is 4.74. The Labute approximate surface area is 147 Å². The summed E-state index contributed by atoms with van der Waals surface area (Å²) in [5, 5.41) is 8.73. The van der Waals surface area contributed by atoms with Crippen LogP contribution in [0, 0.1) is 17.1 Å². The molecule has 2 aliphatic heterocycles. The standard InChI is InChI=1S/C21H20FNO2/c22-20-12-19-18-10-15(14-5-8-24-9-6-14)3-4-17(18)13-25-21(19)11-16(20)2-1-7-23/h3-4,10-12,14H,1-2,5-6,8-9,13H2. The fourth-order valence-corrected chi connectivity index (χ4v) is 3.72. The summed E-state index contributed by atoms with van der Waals surface area (Å²) in [6, 6.07) is 11.8. The fraction of sp³-hybridized carbons (Fsp3) is 0.381. The molecule has 2 aliphatic rings. The van der Waals surface area contributed by atoms with Crippen molar-refractivity contribution in [1.82, 2.24) is 0 Å². The summed E-state index contributed by atoms with van der Waals surface area (Å²) in [7, 11) is 0. The number of hydrogen-bond donors (Lipinski definition) is 0. The second kappa shape index (κ2) is 6.85. The smallest absolute Gasteiger partial charge is 0.128 e. The van der Waals surface area contributed by atoms with E-state index in [-0.39, 0.29) is 5.82 Å². The topological polar surface area (TPSA) is 42.2 Å². The van der Waals surface area contributed by atoms with Gasteiger partial charge in [0, 0.05) is 25.2 Å². The van der Waals surface area contributed by atoms with Crippen molar-refractivity contribution in [3.05, 3.63) is 52.8 Å². The van der Waals surface area contributed by atoms with Crippen LogP contribution in [0.2, 0.25) is 0 Å². The lowest BCUT2D eigenvalue weighted by Crippen LogP contribution is -2.15. The molecule has 3 nitrogen and oxygen atoms in total. The largest absolute Gasteiger partial charge is 0.488 e. The molecule has 0 unspecified atom stereocenters. The lowest BCUT2D eigenvalue weighted by molar-refractivity contribution is 0.0853. The Morgan fingerprint density at radius 3 is 2.76 bits per heavy atom. The number of nitriles is 1. The molecule has 4 heteroatoms. The Kier molecular flexibility index (Phi) is 4.42. The Morgan fingerprint density at radius 1 is 1.12 bits per heavy atom. The highest BCUT2D eigenvalue weighted by molar-refractivity contribution is 5.76. The van der Waals surface area contributed by atoms with Gasteiger partial charge in [-0.3, -0.25) is 0 Å². The van der Waals surface area contributed by atoms with Crippen molar-refractivity contribution < 1.29 is 13.9 Å². The number of aryl methyl sites for hydroxylation is 1. The van der Waals surface area contributed by atoms with Crippen LogP contribution >= 0.6 is 0 Å². The minimum Gasteiger partial charge on any atom is -0.488 e. The maximum Gasteiger partial charge on any atom is 0.128 e. The van der Waals surface area contributed by atoms with Crippen molar-refractivity contribution in [3.63, 3.8) is 0 Å². The van der Waals surface area contributed by atoms with Crippen LogP contribution in [0.15, 0.2) is 30.3 Å². The van der Waals surface area contributed by atoms with Gasteiger partial charge in [0.2, 0.25) is 0 Å². The van der Waals surface area contributed by atoms with Gasteiger partial charge in [0.1, 0.15) is 18.2 Å². The predicted molar refractivity (Wildman–Crippen MR) is 92.9 cm³/mol. The highest BCUT2D eigenvalue weighted by atomic mass is 19.1. The van der Waals surface area contributed by atoms with Crippen molar-refractivity contribution in [2.24, 2.45) is 0 Å². The van der Waals surface area contributed by atoms with Gasteiger partial charge in [0.15, 0.2) is 0 Å². The molecule has 2 aromatic carbocycles. The summed E-state index contributed by atoms with van der Waals surface area (Å²) in [6.45, 7) is 2.11. The third-order valence-electron chi connectivity index (χ3n) is 5.15. The summed E-state index contributed by atoms with van der Waals surface area (Å²) >= 11 is 0. The monoisotopic (exact) mass is 337 g/mol. The zero-order valence-electron chi connectivity index (χ0n) is 14.1. The summed E-state index contributed by atoms with van der Waals surface area (Å²) in [4.78, 5) is 0. The van der Waals surface area contributed by atoms with Gasteiger partial charge in [0.05, 0.1) is 6.07 Å². The van der Waals surface area contributed by atoms with E-state index in [9.17, 15) is 4.39 Å². The molecule has 2 heterocycles. The zero-order chi connectivity index (χ0) is 17.2. The van der Waals surface area contributed by atoms with E-state index in [1.807, 2.05) is 0 Å². The Morgan fingerprint density at radius 2 is 1.96 bits per heavy atom. The molecule has 0 aliphatic carbocycles. The number of ether oxygens (including phenoxy) is 2. The normalized spacial score (nSPS) is 16.5. The van der Waals surface area contributed by atoms with Crippen LogP contribution in [0.1, 0.15) is 41.9 Å². The van der Waals surface area contributed by atoms with Gasteiger partial charge >= 0.3 is 0 Å². The number of benzene rings is 2. The third kappa shape index (κ3) is 3.12. The van der Waals surface area contributed by atoms with Crippen molar-refractivity contribution in [1.29, 1.82) is 5.26 Å². The van der Waals surface area contributed by atoms with Crippen LogP contribution in [0.5, 0.6) is 5.75 Å². The molecule has 25 heavy (non-hydrogen) atoms. The molecule has 1 saturated heterocycles. The van der Waals surface area contributed by atoms with E-state index < -0.39 is 0 Å². The number of halogens is 1. The van der Waals surface area contributed by atoms with Crippen molar-refractivity contribution >= 4 is 0 Å². The van der Waals surface area contributed by atoms with Gasteiger partial charge in [-0.1, -0.05) is 18.2 Å². The SMILES string of the molecule is N#CCCc1cc2c(cc1F)-c1cc(C3CCOCC3)ccc1CO2. The molecular weight excluding hydrogens is 317 g/mol. The van der Waals surface area contributed by atoms with Crippen molar-refractivity contribution in [2.45, 2.75) is 38.2 Å². The van der Waals surface area contributed by atoms with Gasteiger partial charge < -0.3 is 9.47 Å². The Bertz CT molecular complexity index is 835. The average Bonchev–Trinajstić information content (AvgIpc) is 2.66. The first kappa shape index (κ1) is 16.1. The second-order valence-corrected chi connectivity index (χ2v) is 6.69. The maximum atomic E-state index is 14.5. The van der Waals surface area contributed by atoms with E-state index in [0.29, 0.717) is 36.7 Å². The summed E-state index contributed by atoms with van der Waals surface area (Å²) in [5.41, 5.74) is 4.81. The first-order chi connectivity index (χ1) is 12.3. The summed E-state index contributed by atoms with van der Waals surface area (Å²) in [5.74, 6) is 0.956. The van der Waals surface area contributed by atoms with Crippen molar-refractivity contribution in [2.75, 3.05) is 13.2 Å². The Balaban J connectivity index is 1.72. The van der Waals surface area contributed by atoms with Crippen LogP contribution in [0.3, 0.4) is 0 Å². The molecule has 0 aromatic heterocycles. The quantitative estimate of drug-likeness (QED) is 0.813. The van der Waals surface area contributed by atoms with E-state index in [2.05, 4.69) is 24.3 Å². The van der Waals surface area contributed by atoms with E-state index >= 15 is 0 Å². The molecule has 0 bridgehead atoms. The lowest BCUT2D eigenvalue weighted by Gasteiger charge is -2.26. The third-order valence-corrected chi connectivity index (χ3v) is 5.15. The first-order valence-electron chi connectivity index (χ1n) is 8.79. The van der Waals surface area contributed by atoms with Gasteiger partial charge in [-0.2, -0.15) is 5.26 Å². The van der Waals surface area contributed by atoms with E-state index in [0.717, 1.165) is 42.7 Å². The van der Waals surface area contributed by atoms with E-state index in [1.54, 1.807) is 12.1 Å². The van der Waals surface area contributed by atoms with Crippen LogP contribution in [-0.2, 0) is 17.8 Å². The molecular formula is C21H20FNO2. The maximum absolute atomic E-state index is 14.5. The minimum absolute atomic E-state index is 0.262. The summed E-state index contributed by atoms with van der Waals surface area (Å²) < 4.78 is 25.8. The van der Waals surface area contributed by atoms with Gasteiger partial charge in [0.25, 0.3) is 0 Å². The molecule has 4 rings (SSSR count). The van der Waals surface area contributed by atoms with Gasteiger partial charge in [-0.25, -0.2) is 4.39 Å². The molecule has 2 aromatic rings. The number of nitrogens with zero attached hydrogens (tertiary/aromatic N) is 1. The van der Waals surface area contributed by atoms with Crippen LogP contribution in [0.4, 0.5) is 4.39 Å². The molecule has 0 N–H and O–H groups in total. The van der Waals surface area contributed by atoms with Gasteiger partial charge in [-0.15, -0.1) is 0 Å². The van der Waals surface area contributed by atoms with Crippen LogP contribution in [0.25, 0.3) is 11.1 Å². The molecule has 0 spiro atoms. The fourth-order valence-electron chi connectivity index (χ4n) is 3.72. The molecule has 128 valence electrons. The number of fused-ring (bicyclic) bond motifs is 3. The molecule has 0 atom stereocenters. The molecule has 0 saturated carbocycles. The van der Waals surface area contributed by atoms with Gasteiger partial charge in [-0.05, 0) is 59.6 Å². The zero-order valence-corrected chi connectivity index (χ0v) is 14.1. The minimum atomic E-state index is -0.262.